The number of aryl methyl sites for hydroxylation is 1. The fourth-order valence-electron chi connectivity index (χ4n) is 3.07. The molecule has 26 heavy (non-hydrogen) atoms. The van der Waals surface area contributed by atoms with Gasteiger partial charge in [-0.15, -0.1) is 0 Å². The summed E-state index contributed by atoms with van der Waals surface area (Å²) in [5.41, 5.74) is 3.49. The molecule has 0 spiro atoms. The Labute approximate surface area is 154 Å². The molecule has 0 radical (unpaired) electrons. The van der Waals surface area contributed by atoms with E-state index in [0.717, 1.165) is 37.3 Å². The average Bonchev–Trinajstić information content (AvgIpc) is 2.64. The lowest BCUT2D eigenvalue weighted by Crippen LogP contribution is -2.47. The van der Waals surface area contributed by atoms with Crippen molar-refractivity contribution in [2.24, 2.45) is 0 Å². The highest BCUT2D eigenvalue weighted by Gasteiger charge is 2.20. The van der Waals surface area contributed by atoms with Crippen LogP contribution in [-0.2, 0) is 11.2 Å². The Kier molecular flexibility index (Phi) is 5.68. The number of nitrogens with one attached hydrogen (secondary N) is 1. The van der Waals surface area contributed by atoms with Crippen LogP contribution in [0.3, 0.4) is 0 Å². The molecule has 2 aromatic rings. The summed E-state index contributed by atoms with van der Waals surface area (Å²) in [6, 6.07) is 15.0. The molecule has 136 valence electrons. The van der Waals surface area contributed by atoms with Crippen molar-refractivity contribution in [3.8, 4) is 0 Å². The summed E-state index contributed by atoms with van der Waals surface area (Å²) < 4.78 is 0. The first-order chi connectivity index (χ1) is 12.5. The fourth-order valence-corrected chi connectivity index (χ4v) is 3.07. The van der Waals surface area contributed by atoms with Crippen LogP contribution in [0.4, 0.5) is 5.69 Å². The molecule has 0 unspecified atom stereocenters. The Balaban J connectivity index is 1.58. The first kappa shape index (κ1) is 18.1. The highest BCUT2D eigenvalue weighted by atomic mass is 16.2. The molecule has 1 aliphatic rings. The van der Waals surface area contributed by atoms with Crippen molar-refractivity contribution < 1.29 is 9.59 Å². The van der Waals surface area contributed by atoms with Gasteiger partial charge in [-0.25, -0.2) is 0 Å². The van der Waals surface area contributed by atoms with Crippen molar-refractivity contribution in [3.63, 3.8) is 0 Å². The topological polar surface area (TPSA) is 52.7 Å². The lowest BCUT2D eigenvalue weighted by molar-refractivity contribution is -0.115. The molecule has 5 heteroatoms. The quantitative estimate of drug-likeness (QED) is 0.921. The normalized spacial score (nSPS) is 14.9. The van der Waals surface area contributed by atoms with Gasteiger partial charge in [0.1, 0.15) is 0 Å². The van der Waals surface area contributed by atoms with E-state index in [1.54, 1.807) is 24.3 Å². The second kappa shape index (κ2) is 8.15. The lowest BCUT2D eigenvalue weighted by Gasteiger charge is -2.32. The van der Waals surface area contributed by atoms with E-state index >= 15 is 0 Å². The zero-order chi connectivity index (χ0) is 18.5. The number of carbonyl (C=O) groups is 2. The maximum absolute atomic E-state index is 12.5. The molecule has 1 heterocycles. The van der Waals surface area contributed by atoms with Crippen LogP contribution in [0, 0.1) is 6.92 Å². The highest BCUT2D eigenvalue weighted by Crippen LogP contribution is 2.14. The van der Waals surface area contributed by atoms with Crippen LogP contribution >= 0.6 is 0 Å². The summed E-state index contributed by atoms with van der Waals surface area (Å²) in [7, 11) is 2.07. The zero-order valence-corrected chi connectivity index (χ0v) is 15.4. The van der Waals surface area contributed by atoms with Crippen LogP contribution in [-0.4, -0.2) is 54.8 Å². The third-order valence-corrected chi connectivity index (χ3v) is 4.82. The molecule has 5 nitrogen and oxygen atoms in total. The highest BCUT2D eigenvalue weighted by molar-refractivity contribution is 5.96. The summed E-state index contributed by atoms with van der Waals surface area (Å²) in [6.45, 7) is 5.31. The van der Waals surface area contributed by atoms with E-state index in [0.29, 0.717) is 17.7 Å². The number of carbonyl (C=O) groups excluding carboxylic acids is 2. The number of hydrogen-bond donors (Lipinski definition) is 1. The van der Waals surface area contributed by atoms with Gasteiger partial charge >= 0.3 is 0 Å². The van der Waals surface area contributed by atoms with E-state index in [-0.39, 0.29) is 11.8 Å². The Bertz CT molecular complexity index is 778. The lowest BCUT2D eigenvalue weighted by atomic mass is 10.1. The molecule has 0 aromatic heterocycles. The van der Waals surface area contributed by atoms with Gasteiger partial charge in [0.15, 0.2) is 0 Å². The Morgan fingerprint density at radius 3 is 2.27 bits per heavy atom. The summed E-state index contributed by atoms with van der Waals surface area (Å²) in [5.74, 6) is -0.00617. The van der Waals surface area contributed by atoms with E-state index in [2.05, 4.69) is 17.3 Å². The summed E-state index contributed by atoms with van der Waals surface area (Å²) >= 11 is 0. The van der Waals surface area contributed by atoms with Crippen LogP contribution in [0.2, 0.25) is 0 Å². The summed E-state index contributed by atoms with van der Waals surface area (Å²) in [5, 5.41) is 2.90. The minimum Gasteiger partial charge on any atom is -0.336 e. The van der Waals surface area contributed by atoms with Crippen molar-refractivity contribution in [1.82, 2.24) is 9.80 Å². The molecule has 0 saturated carbocycles. The van der Waals surface area contributed by atoms with Crippen LogP contribution in [0.25, 0.3) is 0 Å². The first-order valence-corrected chi connectivity index (χ1v) is 8.95. The minimum atomic E-state index is -0.0579. The third kappa shape index (κ3) is 4.49. The van der Waals surface area contributed by atoms with E-state index < -0.39 is 0 Å². The Morgan fingerprint density at radius 2 is 1.62 bits per heavy atom. The summed E-state index contributed by atoms with van der Waals surface area (Å²) in [4.78, 5) is 28.9. The molecule has 3 rings (SSSR count). The molecule has 2 amide bonds. The molecule has 0 atom stereocenters. The molecule has 0 bridgehead atoms. The van der Waals surface area contributed by atoms with E-state index in [1.807, 2.05) is 36.1 Å². The molecule has 2 aromatic carbocycles. The van der Waals surface area contributed by atoms with Crippen molar-refractivity contribution in [2.75, 3.05) is 38.5 Å². The van der Waals surface area contributed by atoms with Gasteiger partial charge < -0.3 is 15.1 Å². The van der Waals surface area contributed by atoms with Crippen LogP contribution in [0.5, 0.6) is 0 Å². The van der Waals surface area contributed by atoms with Gasteiger partial charge in [-0.1, -0.05) is 24.3 Å². The number of nitrogens with zero attached hydrogens (tertiary/aromatic N) is 2. The SMILES string of the molecule is Cc1ccccc1CC(=O)Nc1ccc(C(=O)N2CCN(C)CC2)cc1. The molecule has 1 aliphatic heterocycles. The van der Waals surface area contributed by atoms with Crippen LogP contribution in [0.1, 0.15) is 21.5 Å². The van der Waals surface area contributed by atoms with Crippen molar-refractivity contribution in [2.45, 2.75) is 13.3 Å². The predicted octanol–water partition coefficient (Wildman–Crippen LogP) is 2.56. The number of hydrogen-bond acceptors (Lipinski definition) is 3. The molecular weight excluding hydrogens is 326 g/mol. The smallest absolute Gasteiger partial charge is 0.253 e. The second-order valence-corrected chi connectivity index (χ2v) is 6.82. The molecule has 1 saturated heterocycles. The predicted molar refractivity (Wildman–Crippen MR) is 103 cm³/mol. The number of piperazine rings is 1. The van der Waals surface area contributed by atoms with Gasteiger partial charge in [0.2, 0.25) is 5.91 Å². The average molecular weight is 351 g/mol. The molecule has 0 aliphatic carbocycles. The number of amides is 2. The maximum Gasteiger partial charge on any atom is 0.253 e. The third-order valence-electron chi connectivity index (χ3n) is 4.82. The number of rotatable bonds is 4. The minimum absolute atomic E-state index is 0.0517. The second-order valence-electron chi connectivity index (χ2n) is 6.82. The largest absolute Gasteiger partial charge is 0.336 e. The maximum atomic E-state index is 12.5. The Hall–Kier alpha value is -2.66. The Morgan fingerprint density at radius 1 is 0.962 bits per heavy atom. The van der Waals surface area contributed by atoms with Gasteiger partial charge in [-0.3, -0.25) is 9.59 Å². The van der Waals surface area contributed by atoms with Gasteiger partial charge in [0, 0.05) is 37.4 Å². The van der Waals surface area contributed by atoms with E-state index in [9.17, 15) is 9.59 Å². The monoisotopic (exact) mass is 351 g/mol. The first-order valence-electron chi connectivity index (χ1n) is 8.95. The van der Waals surface area contributed by atoms with Crippen molar-refractivity contribution in [3.05, 3.63) is 65.2 Å². The number of benzene rings is 2. The molecule has 1 fully saturated rings. The van der Waals surface area contributed by atoms with Gasteiger partial charge in [-0.05, 0) is 49.4 Å². The number of likely N-dealkylation sites (N-methyl/N-ethyl adjacent to an activating group) is 1. The standard InChI is InChI=1S/C21H25N3O2/c1-16-5-3-4-6-18(16)15-20(25)22-19-9-7-17(8-10-19)21(26)24-13-11-23(2)12-14-24/h3-10H,11-15H2,1-2H3,(H,22,25). The zero-order valence-electron chi connectivity index (χ0n) is 15.4. The molecule has 1 N–H and O–H groups in total. The van der Waals surface area contributed by atoms with Gasteiger partial charge in [0.25, 0.3) is 5.91 Å². The van der Waals surface area contributed by atoms with Crippen molar-refractivity contribution in [1.29, 1.82) is 0 Å². The van der Waals surface area contributed by atoms with E-state index in [1.165, 1.54) is 0 Å². The van der Waals surface area contributed by atoms with Crippen LogP contribution < -0.4 is 5.32 Å². The summed E-state index contributed by atoms with van der Waals surface area (Å²) in [6.07, 6.45) is 0.342. The van der Waals surface area contributed by atoms with Crippen molar-refractivity contribution >= 4 is 17.5 Å². The van der Waals surface area contributed by atoms with Crippen LogP contribution in [0.15, 0.2) is 48.5 Å². The fraction of sp³-hybridized carbons (Fsp3) is 0.333. The van der Waals surface area contributed by atoms with Gasteiger partial charge in [0.05, 0.1) is 6.42 Å². The number of anilines is 1. The van der Waals surface area contributed by atoms with Gasteiger partial charge in [-0.2, -0.15) is 0 Å². The van der Waals surface area contributed by atoms with E-state index in [4.69, 9.17) is 0 Å². The molecular formula is C21H25N3O2.